The van der Waals surface area contributed by atoms with Crippen LogP contribution in [0.25, 0.3) is 0 Å². The molecule has 0 unspecified atom stereocenters. The van der Waals surface area contributed by atoms with Crippen LogP contribution in [0.15, 0.2) is 28.7 Å². The Labute approximate surface area is 116 Å². The summed E-state index contributed by atoms with van der Waals surface area (Å²) in [4.78, 5) is 13.0. The van der Waals surface area contributed by atoms with Gasteiger partial charge < -0.3 is 5.11 Å². The van der Waals surface area contributed by atoms with E-state index in [0.29, 0.717) is 5.92 Å². The molecular formula is C14H18BrNO2. The number of hydrogen-bond donors (Lipinski definition) is 1. The monoisotopic (exact) mass is 311 g/mol. The van der Waals surface area contributed by atoms with Crippen LogP contribution in [0.5, 0.6) is 0 Å². The van der Waals surface area contributed by atoms with Crippen LogP contribution in [0.4, 0.5) is 4.79 Å². The number of carboxylic acid groups (broad SMARTS) is 1. The zero-order valence-corrected chi connectivity index (χ0v) is 12.4. The predicted molar refractivity (Wildman–Crippen MR) is 74.9 cm³/mol. The van der Waals surface area contributed by atoms with Gasteiger partial charge in [-0.15, -0.1) is 0 Å². The lowest BCUT2D eigenvalue weighted by atomic mass is 10.1. The summed E-state index contributed by atoms with van der Waals surface area (Å²) in [5.74, 6) is 0.341. The predicted octanol–water partition coefficient (Wildman–Crippen LogP) is 4.08. The second kappa shape index (κ2) is 4.57. The fourth-order valence-electron chi connectivity index (χ4n) is 2.46. The minimum Gasteiger partial charge on any atom is -0.465 e. The van der Waals surface area contributed by atoms with Gasteiger partial charge in [0.1, 0.15) is 0 Å². The molecule has 0 heterocycles. The van der Waals surface area contributed by atoms with Crippen LogP contribution >= 0.6 is 15.9 Å². The average molecular weight is 312 g/mol. The fourth-order valence-corrected chi connectivity index (χ4v) is 2.73. The van der Waals surface area contributed by atoms with Crippen molar-refractivity contribution in [1.82, 2.24) is 4.90 Å². The number of nitrogens with zero attached hydrogens (tertiary/aromatic N) is 1. The number of benzene rings is 1. The minimum absolute atomic E-state index is 0.115. The van der Waals surface area contributed by atoms with Gasteiger partial charge in [-0.3, -0.25) is 4.90 Å². The van der Waals surface area contributed by atoms with Gasteiger partial charge in [-0.05, 0) is 44.9 Å². The van der Waals surface area contributed by atoms with Gasteiger partial charge in [0.2, 0.25) is 0 Å². The van der Waals surface area contributed by atoms with E-state index in [9.17, 15) is 9.90 Å². The zero-order valence-electron chi connectivity index (χ0n) is 10.9. The molecule has 1 saturated carbocycles. The highest BCUT2D eigenvalue weighted by Gasteiger charge is 2.48. The normalized spacial score (nSPS) is 22.7. The van der Waals surface area contributed by atoms with Gasteiger partial charge in [-0.2, -0.15) is 0 Å². The van der Waals surface area contributed by atoms with E-state index in [-0.39, 0.29) is 11.6 Å². The lowest BCUT2D eigenvalue weighted by Crippen LogP contribution is -2.46. The van der Waals surface area contributed by atoms with Gasteiger partial charge >= 0.3 is 6.09 Å². The van der Waals surface area contributed by atoms with E-state index in [1.165, 1.54) is 5.56 Å². The standard InChI is InChI=1S/C14H18BrNO2/c1-14(2,3)16(13(17)18)12-8-11(12)9-4-6-10(15)7-5-9/h4-7,11-12H,8H2,1-3H3,(H,17,18)/t11-,12+/m0/s1. The van der Waals surface area contributed by atoms with Crippen molar-refractivity contribution in [3.63, 3.8) is 0 Å². The summed E-state index contributed by atoms with van der Waals surface area (Å²) >= 11 is 3.41. The van der Waals surface area contributed by atoms with Gasteiger partial charge in [0.25, 0.3) is 0 Å². The smallest absolute Gasteiger partial charge is 0.408 e. The third-order valence-corrected chi connectivity index (χ3v) is 3.84. The lowest BCUT2D eigenvalue weighted by molar-refractivity contribution is 0.0940. The summed E-state index contributed by atoms with van der Waals surface area (Å²) in [5, 5.41) is 9.35. The van der Waals surface area contributed by atoms with E-state index < -0.39 is 6.09 Å². The number of hydrogen-bond acceptors (Lipinski definition) is 1. The van der Waals surface area contributed by atoms with Crippen molar-refractivity contribution in [3.8, 4) is 0 Å². The van der Waals surface area contributed by atoms with Gasteiger partial charge in [0.05, 0.1) is 0 Å². The molecule has 3 nitrogen and oxygen atoms in total. The molecule has 1 aliphatic rings. The average Bonchev–Trinajstić information content (AvgIpc) is 2.96. The summed E-state index contributed by atoms with van der Waals surface area (Å²) in [7, 11) is 0. The Hall–Kier alpha value is -1.03. The first-order valence-electron chi connectivity index (χ1n) is 6.08. The highest BCUT2D eigenvalue weighted by Crippen LogP contribution is 2.47. The number of carbonyl (C=O) groups is 1. The highest BCUT2D eigenvalue weighted by molar-refractivity contribution is 9.10. The minimum atomic E-state index is -0.827. The summed E-state index contributed by atoms with van der Waals surface area (Å²) in [5.41, 5.74) is 0.874. The summed E-state index contributed by atoms with van der Waals surface area (Å²) < 4.78 is 1.05. The Kier molecular flexibility index (Phi) is 3.41. The van der Waals surface area contributed by atoms with Crippen LogP contribution in [-0.4, -0.2) is 27.7 Å². The summed E-state index contributed by atoms with van der Waals surface area (Å²) in [6.07, 6.45) is 0.0951. The molecule has 1 amide bonds. The van der Waals surface area contributed by atoms with Crippen molar-refractivity contribution in [2.75, 3.05) is 0 Å². The molecule has 98 valence electrons. The topological polar surface area (TPSA) is 40.5 Å². The second-order valence-electron chi connectivity index (χ2n) is 5.78. The Bertz CT molecular complexity index is 450. The Morgan fingerprint density at radius 2 is 1.89 bits per heavy atom. The quantitative estimate of drug-likeness (QED) is 0.894. The van der Waals surface area contributed by atoms with Crippen molar-refractivity contribution in [2.45, 2.75) is 44.7 Å². The van der Waals surface area contributed by atoms with Gasteiger partial charge in [0, 0.05) is 22.0 Å². The van der Waals surface area contributed by atoms with Crippen LogP contribution in [0, 0.1) is 0 Å². The van der Waals surface area contributed by atoms with Crippen molar-refractivity contribution in [3.05, 3.63) is 34.3 Å². The Morgan fingerprint density at radius 1 is 1.33 bits per heavy atom. The van der Waals surface area contributed by atoms with E-state index >= 15 is 0 Å². The van der Waals surface area contributed by atoms with Gasteiger partial charge in [-0.25, -0.2) is 4.79 Å². The number of halogens is 1. The van der Waals surface area contributed by atoms with Crippen molar-refractivity contribution >= 4 is 22.0 Å². The van der Waals surface area contributed by atoms with Crippen molar-refractivity contribution in [2.24, 2.45) is 0 Å². The first kappa shape index (κ1) is 13.4. The molecule has 4 heteroatoms. The van der Waals surface area contributed by atoms with E-state index in [1.54, 1.807) is 4.90 Å². The van der Waals surface area contributed by atoms with E-state index in [1.807, 2.05) is 32.9 Å². The molecule has 1 fully saturated rings. The van der Waals surface area contributed by atoms with Crippen molar-refractivity contribution in [1.29, 1.82) is 0 Å². The third-order valence-electron chi connectivity index (χ3n) is 3.32. The zero-order chi connectivity index (χ0) is 13.5. The molecule has 1 aromatic rings. The van der Waals surface area contributed by atoms with Crippen LogP contribution in [0.1, 0.15) is 38.7 Å². The van der Waals surface area contributed by atoms with Crippen molar-refractivity contribution < 1.29 is 9.90 Å². The number of amides is 1. The Balaban J connectivity index is 2.14. The largest absolute Gasteiger partial charge is 0.465 e. The first-order valence-corrected chi connectivity index (χ1v) is 6.87. The summed E-state index contributed by atoms with van der Waals surface area (Å²) in [6.45, 7) is 5.83. The molecule has 0 radical (unpaired) electrons. The molecule has 1 aliphatic carbocycles. The molecule has 2 atom stereocenters. The van der Waals surface area contributed by atoms with Crippen LogP contribution in [-0.2, 0) is 0 Å². The van der Waals surface area contributed by atoms with Crippen LogP contribution in [0.3, 0.4) is 0 Å². The molecule has 0 aliphatic heterocycles. The van der Waals surface area contributed by atoms with Crippen LogP contribution < -0.4 is 0 Å². The van der Waals surface area contributed by atoms with Gasteiger partial charge in [0.15, 0.2) is 0 Å². The molecule has 0 aromatic heterocycles. The maximum Gasteiger partial charge on any atom is 0.408 e. The fraction of sp³-hybridized carbons (Fsp3) is 0.500. The molecule has 0 spiro atoms. The maximum atomic E-state index is 11.4. The summed E-state index contributed by atoms with van der Waals surface area (Å²) in [6, 6.07) is 8.26. The van der Waals surface area contributed by atoms with E-state index in [2.05, 4.69) is 28.1 Å². The van der Waals surface area contributed by atoms with Gasteiger partial charge in [-0.1, -0.05) is 28.1 Å². The molecule has 0 saturated heterocycles. The van der Waals surface area contributed by atoms with Crippen LogP contribution in [0.2, 0.25) is 0 Å². The second-order valence-corrected chi connectivity index (χ2v) is 6.70. The third kappa shape index (κ3) is 2.69. The first-order chi connectivity index (χ1) is 8.30. The molecule has 1 aromatic carbocycles. The SMILES string of the molecule is CC(C)(C)N(C(=O)O)[C@@H]1C[C@H]1c1ccc(Br)cc1. The maximum absolute atomic E-state index is 11.4. The number of rotatable bonds is 2. The lowest BCUT2D eigenvalue weighted by Gasteiger charge is -2.33. The highest BCUT2D eigenvalue weighted by atomic mass is 79.9. The van der Waals surface area contributed by atoms with E-state index in [0.717, 1.165) is 10.9 Å². The molecule has 0 bridgehead atoms. The molecule has 1 N–H and O–H groups in total. The molecule has 18 heavy (non-hydrogen) atoms. The van der Waals surface area contributed by atoms with E-state index in [4.69, 9.17) is 0 Å². The molecule has 2 rings (SSSR count). The Morgan fingerprint density at radius 3 is 2.33 bits per heavy atom. The molecular weight excluding hydrogens is 294 g/mol.